The van der Waals surface area contributed by atoms with Gasteiger partial charge in [0.2, 0.25) is 5.36 Å². The molecule has 1 N–H and O–H groups in total. The van der Waals surface area contributed by atoms with Gasteiger partial charge < -0.3 is 14.0 Å². The predicted molar refractivity (Wildman–Crippen MR) is 121 cm³/mol. The van der Waals surface area contributed by atoms with Crippen LogP contribution in [-0.2, 0) is 0 Å². The Kier molecular flexibility index (Phi) is 6.12. The second-order valence-electron chi connectivity index (χ2n) is 8.17. The molecule has 1 heterocycles. The molecule has 0 bridgehead atoms. The molecule has 0 radical (unpaired) electrons. The molecule has 1 saturated carbocycles. The van der Waals surface area contributed by atoms with Crippen LogP contribution in [0.25, 0.3) is 16.5 Å². The quantitative estimate of drug-likeness (QED) is 0.697. The summed E-state index contributed by atoms with van der Waals surface area (Å²) in [6.45, 7) is 7.09. The summed E-state index contributed by atoms with van der Waals surface area (Å²) in [6.07, 6.45) is 6.48. The molecule has 4 nitrogen and oxygen atoms in total. The van der Waals surface area contributed by atoms with E-state index in [2.05, 4.69) is 53.7 Å². The third-order valence-electron chi connectivity index (χ3n) is 6.27. The van der Waals surface area contributed by atoms with Gasteiger partial charge in [0.1, 0.15) is 11.5 Å². The molecule has 0 unspecified atom stereocenters. The fraction of sp³-hybridized carbons (Fsp3) is 0.423. The van der Waals surface area contributed by atoms with Crippen molar-refractivity contribution in [2.75, 3.05) is 13.7 Å². The van der Waals surface area contributed by atoms with Crippen LogP contribution in [0.3, 0.4) is 0 Å². The maximum Gasteiger partial charge on any atom is 0.208 e. The lowest BCUT2D eigenvalue weighted by atomic mass is 9.96. The molecule has 158 valence electrons. The van der Waals surface area contributed by atoms with E-state index in [1.54, 1.807) is 7.11 Å². The van der Waals surface area contributed by atoms with Crippen molar-refractivity contribution in [1.29, 1.82) is 0 Å². The van der Waals surface area contributed by atoms with Crippen molar-refractivity contribution in [3.05, 3.63) is 59.2 Å². The van der Waals surface area contributed by atoms with Gasteiger partial charge in [0.25, 0.3) is 0 Å². The Bertz CT molecular complexity index is 1090. The lowest BCUT2D eigenvalue weighted by molar-refractivity contribution is -0.546. The van der Waals surface area contributed by atoms with Crippen molar-refractivity contribution in [2.45, 2.75) is 58.9 Å². The number of nitrogens with zero attached hydrogens (tertiary/aromatic N) is 1. The Morgan fingerprint density at radius 2 is 1.63 bits per heavy atom. The van der Waals surface area contributed by atoms with Gasteiger partial charge in [0.15, 0.2) is 6.04 Å². The van der Waals surface area contributed by atoms with E-state index in [0.717, 1.165) is 17.2 Å². The largest absolute Gasteiger partial charge is 0.497 e. The highest BCUT2D eigenvalue weighted by Gasteiger charge is 2.21. The van der Waals surface area contributed by atoms with E-state index in [9.17, 15) is 0 Å². The van der Waals surface area contributed by atoms with E-state index < -0.39 is 0 Å². The third-order valence-corrected chi connectivity index (χ3v) is 6.27. The Morgan fingerprint density at radius 1 is 0.933 bits per heavy atom. The minimum atomic E-state index is 0.545. The highest BCUT2D eigenvalue weighted by Crippen LogP contribution is 2.33. The van der Waals surface area contributed by atoms with Crippen LogP contribution in [0.15, 0.2) is 42.5 Å². The molecule has 1 fully saturated rings. The predicted octanol–water partition coefficient (Wildman–Crippen LogP) is 3.97. The number of aromatic nitrogens is 1. The molecule has 0 atom stereocenters. The fourth-order valence-electron chi connectivity index (χ4n) is 4.85. The third kappa shape index (κ3) is 3.83. The number of methoxy groups -OCH3 is 1. The minimum Gasteiger partial charge on any atom is -0.497 e. The number of fused-ring (bicyclic) bond motifs is 1. The number of hydrogen-bond acceptors (Lipinski definition) is 2. The zero-order valence-corrected chi connectivity index (χ0v) is 18.6. The lowest BCUT2D eigenvalue weighted by Gasteiger charge is -2.12. The Morgan fingerprint density at radius 3 is 2.30 bits per heavy atom. The molecule has 3 aromatic rings. The Hall–Kier alpha value is -2.75. The fourth-order valence-corrected chi connectivity index (χ4v) is 4.85. The molecule has 30 heavy (non-hydrogen) atoms. The minimum absolute atomic E-state index is 0.545. The summed E-state index contributed by atoms with van der Waals surface area (Å²) in [6, 6.07) is 15.2. The van der Waals surface area contributed by atoms with Gasteiger partial charge in [-0.25, -0.2) is 4.99 Å². The van der Waals surface area contributed by atoms with Gasteiger partial charge in [-0.05, 0) is 63.9 Å². The topological polar surface area (TPSA) is 37.4 Å². The van der Waals surface area contributed by atoms with Crippen molar-refractivity contribution in [1.82, 2.24) is 4.57 Å². The summed E-state index contributed by atoms with van der Waals surface area (Å²) >= 11 is 0. The van der Waals surface area contributed by atoms with Crippen molar-refractivity contribution in [3.63, 3.8) is 0 Å². The first kappa shape index (κ1) is 20.5. The number of rotatable bonds is 5. The number of ether oxygens (including phenoxy) is 2. The van der Waals surface area contributed by atoms with E-state index in [1.807, 2.05) is 19.1 Å². The van der Waals surface area contributed by atoms with Gasteiger partial charge in [-0.15, -0.1) is 0 Å². The van der Waals surface area contributed by atoms with Crippen molar-refractivity contribution < 1.29 is 14.5 Å². The van der Waals surface area contributed by atoms with Gasteiger partial charge in [-0.1, -0.05) is 12.5 Å². The molecule has 4 rings (SSSR count). The van der Waals surface area contributed by atoms with Crippen LogP contribution < -0.4 is 19.8 Å². The molecule has 0 amide bonds. The van der Waals surface area contributed by atoms with Gasteiger partial charge in [0.05, 0.1) is 24.5 Å². The number of hydrogen-bond donors (Lipinski definition) is 1. The van der Waals surface area contributed by atoms with Crippen LogP contribution in [0, 0.1) is 13.8 Å². The van der Waals surface area contributed by atoms with E-state index in [-0.39, 0.29) is 0 Å². The summed E-state index contributed by atoms with van der Waals surface area (Å²) < 4.78 is 13.8. The summed E-state index contributed by atoms with van der Waals surface area (Å²) in [4.78, 5) is 3.88. The zero-order chi connectivity index (χ0) is 21.1. The summed E-state index contributed by atoms with van der Waals surface area (Å²) in [5.41, 5.74) is 3.55. The molecular formula is C26H33N2O2+. The van der Waals surface area contributed by atoms with Crippen LogP contribution in [0.1, 0.15) is 50.4 Å². The Balaban J connectivity index is 2.00. The van der Waals surface area contributed by atoms with E-state index in [1.165, 1.54) is 59.6 Å². The average Bonchev–Trinajstić information content (AvgIpc) is 2.91. The molecule has 1 aliphatic rings. The second kappa shape index (κ2) is 8.95. The maximum atomic E-state index is 6.08. The highest BCUT2D eigenvalue weighted by atomic mass is 16.5. The maximum absolute atomic E-state index is 6.08. The molecule has 1 aliphatic carbocycles. The molecule has 2 aromatic carbocycles. The summed E-state index contributed by atoms with van der Waals surface area (Å²) in [7, 11) is 1.70. The smallest absolute Gasteiger partial charge is 0.208 e. The number of nitrogens with one attached hydrogen (secondary N) is 1. The first-order valence-corrected chi connectivity index (χ1v) is 11.2. The number of benzene rings is 1. The molecule has 0 saturated heterocycles. The van der Waals surface area contributed by atoms with Crippen molar-refractivity contribution in [2.24, 2.45) is 0 Å². The SMILES string of the molecule is CCOc1cccc(=[NH+]C2CCCCC2)c2c(C)n(-c3ccc(OC)cc3)c(C)c12. The highest BCUT2D eigenvalue weighted by molar-refractivity contribution is 5.93. The molecule has 1 aromatic heterocycles. The standard InChI is InChI=1S/C26H32N2O2/c1-5-30-24-13-9-12-23(27-20-10-7-6-8-11-20)25-18(2)28(19(3)26(24)25)21-14-16-22(29-4)17-15-21/h9,12-17,20H,5-8,10-11H2,1-4H3/p+1. The Labute approximate surface area is 179 Å². The first-order valence-electron chi connectivity index (χ1n) is 11.2. The van der Waals surface area contributed by atoms with E-state index in [4.69, 9.17) is 9.47 Å². The average molecular weight is 406 g/mol. The monoisotopic (exact) mass is 405 g/mol. The van der Waals surface area contributed by atoms with Crippen LogP contribution in [-0.4, -0.2) is 24.3 Å². The van der Waals surface area contributed by atoms with Crippen molar-refractivity contribution >= 4 is 10.8 Å². The van der Waals surface area contributed by atoms with Crippen LogP contribution in [0.4, 0.5) is 0 Å². The zero-order valence-electron chi connectivity index (χ0n) is 18.6. The van der Waals surface area contributed by atoms with Gasteiger partial charge in [0, 0.05) is 36.0 Å². The lowest BCUT2D eigenvalue weighted by Crippen LogP contribution is -2.83. The molecular weight excluding hydrogens is 372 g/mol. The molecule has 0 spiro atoms. The van der Waals surface area contributed by atoms with Crippen LogP contribution in [0.2, 0.25) is 0 Å². The van der Waals surface area contributed by atoms with E-state index in [0.29, 0.717) is 12.6 Å². The molecule has 4 heteroatoms. The van der Waals surface area contributed by atoms with Gasteiger partial charge >= 0.3 is 0 Å². The molecule has 0 aliphatic heterocycles. The van der Waals surface area contributed by atoms with Gasteiger partial charge in [-0.2, -0.15) is 0 Å². The summed E-state index contributed by atoms with van der Waals surface area (Å²) in [5, 5.41) is 3.64. The van der Waals surface area contributed by atoms with Gasteiger partial charge in [-0.3, -0.25) is 0 Å². The van der Waals surface area contributed by atoms with Crippen LogP contribution in [0.5, 0.6) is 11.5 Å². The van der Waals surface area contributed by atoms with E-state index >= 15 is 0 Å². The van der Waals surface area contributed by atoms with Crippen molar-refractivity contribution in [3.8, 4) is 17.2 Å². The second-order valence-corrected chi connectivity index (χ2v) is 8.17. The number of aryl methyl sites for hydroxylation is 2. The first-order chi connectivity index (χ1) is 14.6. The summed E-state index contributed by atoms with van der Waals surface area (Å²) in [5.74, 6) is 1.81. The normalized spacial score (nSPS) is 15.5. The van der Waals surface area contributed by atoms with Crippen LogP contribution >= 0.6 is 0 Å².